The van der Waals surface area contributed by atoms with E-state index >= 15 is 0 Å². The minimum Gasteiger partial charge on any atom is -0.193 e. The second-order valence-electron chi connectivity index (χ2n) is 3.06. The predicted octanol–water partition coefficient (Wildman–Crippen LogP) is 3.74. The van der Waals surface area contributed by atoms with Crippen molar-refractivity contribution in [2.45, 2.75) is 20.3 Å². The second kappa shape index (κ2) is 4.83. The highest BCUT2D eigenvalue weighted by Gasteiger charge is 2.06. The summed E-state index contributed by atoms with van der Waals surface area (Å²) in [4.78, 5) is 0. The highest BCUT2D eigenvalue weighted by Crippen LogP contribution is 2.26. The number of aryl methyl sites for hydroxylation is 1. The van der Waals surface area contributed by atoms with Gasteiger partial charge in [0.1, 0.15) is 0 Å². The Morgan fingerprint density at radius 3 is 2.64 bits per heavy atom. The molecule has 1 aromatic rings. The minimum absolute atomic E-state index is 0.560. The normalized spacial score (nSPS) is 11.9. The molecule has 0 unspecified atom stereocenters. The first kappa shape index (κ1) is 10.8. The van der Waals surface area contributed by atoms with Gasteiger partial charge in [-0.2, -0.15) is 5.26 Å². The Balaban J connectivity index is 3.27. The molecule has 0 amide bonds. The maximum Gasteiger partial charge on any atom is 0.0959 e. The highest BCUT2D eigenvalue weighted by atomic mass is 35.5. The molecule has 0 N–H and O–H groups in total. The molecule has 1 nitrogen and oxygen atoms in total. The smallest absolute Gasteiger partial charge is 0.0959 e. The number of allylic oxidation sites excluding steroid dienone is 1. The van der Waals surface area contributed by atoms with Gasteiger partial charge in [0, 0.05) is 5.57 Å². The SMILES string of the molecule is CCc1ccccc1/C(Cl)=C(/C)C#N. The van der Waals surface area contributed by atoms with Gasteiger partial charge < -0.3 is 0 Å². The lowest BCUT2D eigenvalue weighted by atomic mass is 10.0. The summed E-state index contributed by atoms with van der Waals surface area (Å²) in [7, 11) is 0. The summed E-state index contributed by atoms with van der Waals surface area (Å²) >= 11 is 6.10. The largest absolute Gasteiger partial charge is 0.193 e. The molecule has 2 heteroatoms. The first-order valence-electron chi connectivity index (χ1n) is 4.55. The number of nitriles is 1. The van der Waals surface area contributed by atoms with Crippen molar-refractivity contribution >= 4 is 16.6 Å². The van der Waals surface area contributed by atoms with Crippen molar-refractivity contribution in [3.8, 4) is 6.07 Å². The lowest BCUT2D eigenvalue weighted by Gasteiger charge is -2.06. The molecule has 0 saturated heterocycles. The van der Waals surface area contributed by atoms with Crippen molar-refractivity contribution in [2.75, 3.05) is 0 Å². The van der Waals surface area contributed by atoms with Gasteiger partial charge >= 0.3 is 0 Å². The Labute approximate surface area is 89.6 Å². The molecule has 0 aliphatic heterocycles. The summed E-state index contributed by atoms with van der Waals surface area (Å²) in [5, 5.41) is 9.30. The zero-order chi connectivity index (χ0) is 10.6. The fourth-order valence-corrected chi connectivity index (χ4v) is 1.52. The van der Waals surface area contributed by atoms with Gasteiger partial charge in [-0.05, 0) is 24.5 Å². The monoisotopic (exact) mass is 205 g/mol. The fraction of sp³-hybridized carbons (Fsp3) is 0.250. The number of halogens is 1. The van der Waals surface area contributed by atoms with E-state index in [-0.39, 0.29) is 0 Å². The third-order valence-corrected chi connectivity index (χ3v) is 2.62. The summed E-state index contributed by atoms with van der Waals surface area (Å²) in [6.07, 6.45) is 0.922. The molecule has 0 saturated carbocycles. The Bertz CT molecular complexity index is 399. The van der Waals surface area contributed by atoms with Crippen LogP contribution < -0.4 is 0 Å². The van der Waals surface area contributed by atoms with E-state index < -0.39 is 0 Å². The maximum atomic E-state index is 8.74. The first-order valence-corrected chi connectivity index (χ1v) is 4.93. The van der Waals surface area contributed by atoms with E-state index in [1.54, 1.807) is 6.92 Å². The van der Waals surface area contributed by atoms with Gasteiger partial charge in [-0.25, -0.2) is 0 Å². The minimum atomic E-state index is 0.560. The van der Waals surface area contributed by atoms with E-state index in [1.165, 1.54) is 5.56 Å². The van der Waals surface area contributed by atoms with Crippen LogP contribution in [-0.2, 0) is 6.42 Å². The molecule has 14 heavy (non-hydrogen) atoms. The number of hydrogen-bond donors (Lipinski definition) is 0. The lowest BCUT2D eigenvalue weighted by molar-refractivity contribution is 1.13. The fourth-order valence-electron chi connectivity index (χ4n) is 1.29. The van der Waals surface area contributed by atoms with Crippen molar-refractivity contribution < 1.29 is 0 Å². The van der Waals surface area contributed by atoms with E-state index in [9.17, 15) is 0 Å². The Hall–Kier alpha value is -1.26. The third kappa shape index (κ3) is 2.16. The van der Waals surface area contributed by atoms with Crippen LogP contribution in [0.3, 0.4) is 0 Å². The van der Waals surface area contributed by atoms with E-state index in [4.69, 9.17) is 16.9 Å². The van der Waals surface area contributed by atoms with Crippen molar-refractivity contribution in [1.29, 1.82) is 5.26 Å². The van der Waals surface area contributed by atoms with Gasteiger partial charge in [-0.1, -0.05) is 42.8 Å². The first-order chi connectivity index (χ1) is 6.70. The molecule has 0 aliphatic rings. The quantitative estimate of drug-likeness (QED) is 0.675. The number of rotatable bonds is 2. The third-order valence-electron chi connectivity index (χ3n) is 2.13. The van der Waals surface area contributed by atoms with Crippen molar-refractivity contribution in [2.24, 2.45) is 0 Å². The Morgan fingerprint density at radius 2 is 2.07 bits per heavy atom. The van der Waals surface area contributed by atoms with Crippen LogP contribution in [0.25, 0.3) is 5.03 Å². The van der Waals surface area contributed by atoms with Crippen LogP contribution in [0.1, 0.15) is 25.0 Å². The lowest BCUT2D eigenvalue weighted by Crippen LogP contribution is -1.89. The summed E-state index contributed by atoms with van der Waals surface area (Å²) in [5.74, 6) is 0. The van der Waals surface area contributed by atoms with Crippen LogP contribution in [0.2, 0.25) is 0 Å². The number of hydrogen-bond acceptors (Lipinski definition) is 1. The Morgan fingerprint density at radius 1 is 1.43 bits per heavy atom. The van der Waals surface area contributed by atoms with Gasteiger partial charge in [0.15, 0.2) is 0 Å². The van der Waals surface area contributed by atoms with Crippen LogP contribution in [-0.4, -0.2) is 0 Å². The molecule has 0 radical (unpaired) electrons. The van der Waals surface area contributed by atoms with Crippen LogP contribution in [0.15, 0.2) is 29.8 Å². The summed E-state index contributed by atoms with van der Waals surface area (Å²) in [5.41, 5.74) is 2.70. The molecule has 0 spiro atoms. The highest BCUT2D eigenvalue weighted by molar-refractivity contribution is 6.49. The number of benzene rings is 1. The van der Waals surface area contributed by atoms with Gasteiger partial charge in [-0.15, -0.1) is 0 Å². The van der Waals surface area contributed by atoms with Crippen LogP contribution in [0.5, 0.6) is 0 Å². The zero-order valence-electron chi connectivity index (χ0n) is 8.34. The molecule has 1 aromatic carbocycles. The van der Waals surface area contributed by atoms with Crippen LogP contribution in [0, 0.1) is 11.3 Å². The maximum absolute atomic E-state index is 8.74. The van der Waals surface area contributed by atoms with E-state index in [0.29, 0.717) is 10.6 Å². The van der Waals surface area contributed by atoms with Gasteiger partial charge in [0.2, 0.25) is 0 Å². The molecule has 0 aliphatic carbocycles. The average Bonchev–Trinajstić information content (AvgIpc) is 2.26. The second-order valence-corrected chi connectivity index (χ2v) is 3.44. The summed E-state index contributed by atoms with van der Waals surface area (Å²) in [6.45, 7) is 3.81. The van der Waals surface area contributed by atoms with Crippen molar-refractivity contribution in [1.82, 2.24) is 0 Å². The average molecular weight is 206 g/mol. The molecule has 0 aromatic heterocycles. The molecular formula is C12H12ClN. The topological polar surface area (TPSA) is 23.8 Å². The van der Waals surface area contributed by atoms with Crippen molar-refractivity contribution in [3.05, 3.63) is 41.0 Å². The molecule has 1 rings (SSSR count). The molecule has 0 bridgehead atoms. The molecule has 0 heterocycles. The number of nitrogens with zero attached hydrogens (tertiary/aromatic N) is 1. The molecule has 0 fully saturated rings. The van der Waals surface area contributed by atoms with Crippen LogP contribution >= 0.6 is 11.6 Å². The molecule has 0 atom stereocenters. The van der Waals surface area contributed by atoms with Crippen LogP contribution in [0.4, 0.5) is 0 Å². The summed E-state index contributed by atoms with van der Waals surface area (Å²) in [6, 6.07) is 9.95. The van der Waals surface area contributed by atoms with Gasteiger partial charge in [0.05, 0.1) is 11.1 Å². The standard InChI is InChI=1S/C12H12ClN/c1-3-10-6-4-5-7-11(10)12(13)9(2)8-14/h4-7H,3H2,1-2H3/b12-9+. The summed E-state index contributed by atoms with van der Waals surface area (Å²) < 4.78 is 0. The van der Waals surface area contributed by atoms with E-state index in [0.717, 1.165) is 12.0 Å². The van der Waals surface area contributed by atoms with Crippen molar-refractivity contribution in [3.63, 3.8) is 0 Å². The van der Waals surface area contributed by atoms with E-state index in [2.05, 4.69) is 13.0 Å². The van der Waals surface area contributed by atoms with Gasteiger partial charge in [0.25, 0.3) is 0 Å². The predicted molar refractivity (Wildman–Crippen MR) is 59.9 cm³/mol. The molecular weight excluding hydrogens is 194 g/mol. The molecule has 72 valence electrons. The Kier molecular flexibility index (Phi) is 3.73. The van der Waals surface area contributed by atoms with Gasteiger partial charge in [-0.3, -0.25) is 0 Å². The zero-order valence-corrected chi connectivity index (χ0v) is 9.10. The van der Waals surface area contributed by atoms with E-state index in [1.807, 2.05) is 24.3 Å².